The van der Waals surface area contributed by atoms with Crippen LogP contribution in [0, 0.1) is 11.8 Å². The zero-order valence-corrected chi connectivity index (χ0v) is 50.8. The van der Waals surface area contributed by atoms with Gasteiger partial charge in [0.1, 0.15) is 12.1 Å². The van der Waals surface area contributed by atoms with Crippen LogP contribution in [0.5, 0.6) is 23.0 Å². The molecule has 9 amide bonds. The quantitative estimate of drug-likeness (QED) is 0.0292. The lowest BCUT2D eigenvalue weighted by atomic mass is 9.94. The molecule has 1 saturated carbocycles. The maximum Gasteiger partial charge on any atom is 0.312 e. The highest BCUT2D eigenvalue weighted by atomic mass is 16.6. The van der Waals surface area contributed by atoms with Crippen molar-refractivity contribution in [1.29, 1.82) is 0 Å². The third-order valence-electron chi connectivity index (χ3n) is 16.1. The van der Waals surface area contributed by atoms with Gasteiger partial charge in [0.15, 0.2) is 17.2 Å². The standard InChI is InChI=1S/C63H89N9O14/c1-39(2)57(70-53(75)29-30-55(77)72-34-31-41(32-35-72)60(78)66-43-16-11-9-7-8-10-12-17-43)62(80)69-48(18-15-33-65-63(64)81)61(79)67-44-24-21-40(22-25-44)38-86-71-54(76)20-14-13-19-52(74)68-47-27-23-42-36-51(83-4)58(84-5)59(85-6)56(42)45-26-28-50(82-3)49(73)37-46(45)47/h21-22,24-26,28,36-37,39,41,43,47-48,57H,7-20,23,27,29-35,38H2,1-6H3,(H,66,78)(H,67,79)(H,68,74)(H,69,80)(H,70,75)(H,71,76)(H3,64,65,81)/t47?,48-,57-/m0/s1. The highest BCUT2D eigenvalue weighted by molar-refractivity contribution is 5.98. The predicted molar refractivity (Wildman–Crippen MR) is 323 cm³/mol. The lowest BCUT2D eigenvalue weighted by molar-refractivity contribution is -0.137. The molecular weight excluding hydrogens is 1110 g/mol. The number of benzene rings is 2. The summed E-state index contributed by atoms with van der Waals surface area (Å²) in [5.41, 5.74) is 11.2. The number of nitrogens with zero attached hydrogens (tertiary/aromatic N) is 1. The minimum Gasteiger partial charge on any atom is -0.493 e. The summed E-state index contributed by atoms with van der Waals surface area (Å²) in [6.07, 6.45) is 12.4. The Labute approximate surface area is 504 Å². The summed E-state index contributed by atoms with van der Waals surface area (Å²) in [6, 6.07) is 10.2. The van der Waals surface area contributed by atoms with Gasteiger partial charge in [-0.2, -0.15) is 0 Å². The van der Waals surface area contributed by atoms with Crippen LogP contribution in [0.1, 0.15) is 159 Å². The van der Waals surface area contributed by atoms with E-state index in [0.717, 1.165) is 31.2 Å². The van der Waals surface area contributed by atoms with Gasteiger partial charge in [-0.1, -0.05) is 70.6 Å². The fourth-order valence-electron chi connectivity index (χ4n) is 11.3. The molecule has 1 unspecified atom stereocenters. The smallest absolute Gasteiger partial charge is 0.312 e. The molecule has 2 aliphatic carbocycles. The van der Waals surface area contributed by atoms with Crippen molar-refractivity contribution in [3.8, 4) is 34.1 Å². The van der Waals surface area contributed by atoms with E-state index in [0.29, 0.717) is 96.8 Å². The van der Waals surface area contributed by atoms with Crippen LogP contribution in [-0.2, 0) is 51.4 Å². The molecule has 0 aromatic heterocycles. The number of anilines is 1. The van der Waals surface area contributed by atoms with Crippen molar-refractivity contribution in [2.24, 2.45) is 17.6 Å². The number of ether oxygens (including phenoxy) is 4. The summed E-state index contributed by atoms with van der Waals surface area (Å²) in [5.74, 6) is -1.54. The first-order valence-electron chi connectivity index (χ1n) is 30.3. The molecule has 3 aromatic carbocycles. The highest BCUT2D eigenvalue weighted by Gasteiger charge is 2.33. The van der Waals surface area contributed by atoms with Crippen LogP contribution in [-0.4, -0.2) is 118 Å². The van der Waals surface area contributed by atoms with Gasteiger partial charge < -0.3 is 61.5 Å². The second kappa shape index (κ2) is 34.3. The van der Waals surface area contributed by atoms with Crippen LogP contribution in [0.4, 0.5) is 10.5 Å². The Morgan fingerprint density at radius 1 is 0.663 bits per heavy atom. The van der Waals surface area contributed by atoms with Crippen molar-refractivity contribution in [3.63, 3.8) is 0 Å². The maximum atomic E-state index is 13.8. The minimum atomic E-state index is -1.09. The van der Waals surface area contributed by atoms with Crippen molar-refractivity contribution in [1.82, 2.24) is 37.0 Å². The predicted octanol–water partition coefficient (Wildman–Crippen LogP) is 6.31. The van der Waals surface area contributed by atoms with E-state index in [2.05, 4.69) is 37.4 Å². The van der Waals surface area contributed by atoms with E-state index in [9.17, 15) is 43.2 Å². The molecule has 470 valence electrons. The number of primary amides is 1. The number of amides is 9. The topological polar surface area (TPSA) is 313 Å². The zero-order valence-electron chi connectivity index (χ0n) is 50.8. The second-order valence-corrected chi connectivity index (χ2v) is 22.7. The minimum absolute atomic E-state index is 0.00363. The Hall–Kier alpha value is -7.95. The number of piperidine rings is 1. The van der Waals surface area contributed by atoms with Crippen LogP contribution in [0.2, 0.25) is 0 Å². The Bertz CT molecular complexity index is 2870. The molecule has 23 nitrogen and oxygen atoms in total. The third-order valence-corrected chi connectivity index (χ3v) is 16.1. The van der Waals surface area contributed by atoms with Gasteiger partial charge in [-0.15, -0.1) is 0 Å². The number of hydroxylamine groups is 1. The average Bonchev–Trinajstić information content (AvgIpc) is 1.65. The van der Waals surface area contributed by atoms with Crippen LogP contribution in [0.15, 0.2) is 53.3 Å². The number of likely N-dealkylation sites (tertiary alicyclic amines) is 1. The molecule has 86 heavy (non-hydrogen) atoms. The SMILES string of the molecule is COc1cc2c(c(OC)c1OC)-c1ccc(OC)c(=O)cc1C(NC(=O)CCCCC(=O)NOCc1ccc(NC(=O)[C@H](CCCNC(N)=O)NC(=O)[C@@H](NC(=O)CCC(=O)N3CCC(C(=O)NC4CCCCCCCC4)CC3)C(C)C)cc1)CC2. The number of urea groups is 1. The molecule has 9 N–H and O–H groups in total. The summed E-state index contributed by atoms with van der Waals surface area (Å²) < 4.78 is 22.5. The fraction of sp³-hybridized carbons (Fsp3) is 0.571. The van der Waals surface area contributed by atoms with Gasteiger partial charge in [0.25, 0.3) is 0 Å². The first-order chi connectivity index (χ1) is 41.4. The van der Waals surface area contributed by atoms with Gasteiger partial charge in [0.2, 0.25) is 52.5 Å². The number of nitrogens with two attached hydrogens (primary N) is 1. The van der Waals surface area contributed by atoms with Crippen LogP contribution in [0.3, 0.4) is 0 Å². The van der Waals surface area contributed by atoms with Crippen LogP contribution < -0.4 is 67.5 Å². The number of nitrogens with one attached hydrogen (secondary N) is 7. The van der Waals surface area contributed by atoms with E-state index in [1.54, 1.807) is 55.1 Å². The summed E-state index contributed by atoms with van der Waals surface area (Å²) >= 11 is 0. The van der Waals surface area contributed by atoms with Crippen LogP contribution >= 0.6 is 0 Å². The maximum absolute atomic E-state index is 13.8. The first-order valence-corrected chi connectivity index (χ1v) is 30.3. The molecular formula is C63H89N9O14. The van der Waals surface area contributed by atoms with Crippen LogP contribution in [0.25, 0.3) is 11.1 Å². The Balaban J connectivity index is 0.926. The van der Waals surface area contributed by atoms with Crippen molar-refractivity contribution >= 4 is 53.1 Å². The van der Waals surface area contributed by atoms with E-state index in [4.69, 9.17) is 29.5 Å². The number of aryl methyl sites for hydroxylation is 1. The van der Waals surface area contributed by atoms with Gasteiger partial charge in [0.05, 0.1) is 41.1 Å². The Morgan fingerprint density at radius 2 is 1.33 bits per heavy atom. The van der Waals surface area contributed by atoms with Gasteiger partial charge >= 0.3 is 6.03 Å². The zero-order chi connectivity index (χ0) is 62.1. The molecule has 3 aromatic rings. The van der Waals surface area contributed by atoms with E-state index in [1.807, 2.05) is 6.07 Å². The highest BCUT2D eigenvalue weighted by Crippen LogP contribution is 2.50. The number of fused-ring (bicyclic) bond motifs is 3. The lowest BCUT2D eigenvalue weighted by Gasteiger charge is -2.32. The molecule has 3 aliphatic rings. The Kier molecular flexibility index (Phi) is 26.8. The van der Waals surface area contributed by atoms with Gasteiger partial charge in [-0.3, -0.25) is 43.2 Å². The van der Waals surface area contributed by atoms with Crippen molar-refractivity contribution < 1.29 is 62.1 Å². The fourth-order valence-corrected chi connectivity index (χ4v) is 11.3. The molecule has 1 heterocycles. The number of hydrogen-bond acceptors (Lipinski definition) is 14. The summed E-state index contributed by atoms with van der Waals surface area (Å²) in [5, 5.41) is 17.2. The van der Waals surface area contributed by atoms with Crippen molar-refractivity contribution in [2.45, 2.75) is 173 Å². The third kappa shape index (κ3) is 20.1. The molecule has 0 radical (unpaired) electrons. The molecule has 0 spiro atoms. The normalized spacial score (nSPS) is 16.1. The van der Waals surface area contributed by atoms with E-state index >= 15 is 0 Å². The summed E-state index contributed by atoms with van der Waals surface area (Å²) in [4.78, 5) is 125. The molecule has 0 bridgehead atoms. The number of methoxy groups -OCH3 is 4. The molecule has 1 saturated heterocycles. The molecule has 1 aliphatic heterocycles. The van der Waals surface area contributed by atoms with Gasteiger partial charge in [0, 0.05) is 68.5 Å². The molecule has 2 fully saturated rings. The molecule has 23 heteroatoms. The van der Waals surface area contributed by atoms with Gasteiger partial charge in [-0.25, -0.2) is 10.3 Å². The van der Waals surface area contributed by atoms with Gasteiger partial charge in [-0.05, 0) is 123 Å². The largest absolute Gasteiger partial charge is 0.493 e. The van der Waals surface area contributed by atoms with Crippen molar-refractivity contribution in [3.05, 3.63) is 75.4 Å². The number of carbonyl (C=O) groups is 8. The van der Waals surface area contributed by atoms with E-state index < -0.39 is 47.8 Å². The summed E-state index contributed by atoms with van der Waals surface area (Å²) in [6.45, 7) is 4.49. The summed E-state index contributed by atoms with van der Waals surface area (Å²) in [7, 11) is 6.00. The Morgan fingerprint density at radius 3 is 1.97 bits per heavy atom. The van der Waals surface area contributed by atoms with E-state index in [-0.39, 0.29) is 98.4 Å². The number of hydrogen-bond donors (Lipinski definition) is 8. The number of carbonyl (C=O) groups excluding carboxylic acids is 8. The van der Waals surface area contributed by atoms with Crippen molar-refractivity contribution in [2.75, 3.05) is 53.4 Å². The second-order valence-electron chi connectivity index (χ2n) is 22.7. The average molecular weight is 1200 g/mol. The number of rotatable bonds is 28. The molecule has 6 rings (SSSR count). The van der Waals surface area contributed by atoms with E-state index in [1.165, 1.54) is 60.2 Å². The molecule has 3 atom stereocenters. The monoisotopic (exact) mass is 1200 g/mol. The lowest BCUT2D eigenvalue weighted by Crippen LogP contribution is -2.54. The first kappa shape index (κ1) is 67.2. The number of unbranched alkanes of at least 4 members (excludes halogenated alkanes) is 1.